The lowest BCUT2D eigenvalue weighted by atomic mass is 10.1. The molecule has 1 aromatic carbocycles. The lowest BCUT2D eigenvalue weighted by Crippen LogP contribution is -2.03. The summed E-state index contributed by atoms with van der Waals surface area (Å²) in [5.41, 5.74) is 1.34. The molecule has 5 nitrogen and oxygen atoms in total. The topological polar surface area (TPSA) is 72.6 Å². The minimum absolute atomic E-state index is 0.0974. The molecule has 0 aliphatic rings. The second-order valence-corrected chi connectivity index (χ2v) is 4.41. The summed E-state index contributed by atoms with van der Waals surface area (Å²) in [5, 5.41) is 9.16. The molecule has 0 saturated carbocycles. The van der Waals surface area contributed by atoms with Crippen molar-refractivity contribution in [1.29, 1.82) is 0 Å². The molecule has 0 aliphatic heterocycles. The smallest absolute Gasteiger partial charge is 0.373 e. The van der Waals surface area contributed by atoms with Crippen LogP contribution in [0.15, 0.2) is 34.7 Å². The quantitative estimate of drug-likeness (QED) is 0.877. The highest BCUT2D eigenvalue weighted by atomic mass is 16.5. The van der Waals surface area contributed by atoms with E-state index in [1.165, 1.54) is 0 Å². The summed E-state index contributed by atoms with van der Waals surface area (Å²) in [6, 6.07) is 9.44. The largest absolute Gasteiger partial charge is 0.475 e. The van der Waals surface area contributed by atoms with Crippen molar-refractivity contribution in [2.75, 3.05) is 7.11 Å². The average molecular weight is 275 g/mol. The molecule has 1 aromatic heterocycles. The Labute approximate surface area is 117 Å². The number of aromatic carboxylic acids is 1. The van der Waals surface area contributed by atoms with Gasteiger partial charge in [0.1, 0.15) is 0 Å². The lowest BCUT2D eigenvalue weighted by Gasteiger charge is -2.11. The van der Waals surface area contributed by atoms with Crippen LogP contribution < -0.4 is 0 Å². The number of carboxylic acid groups (broad SMARTS) is 1. The molecule has 20 heavy (non-hydrogen) atoms. The van der Waals surface area contributed by atoms with Crippen LogP contribution in [-0.4, -0.2) is 23.2 Å². The van der Waals surface area contributed by atoms with Crippen molar-refractivity contribution >= 4 is 5.97 Å². The number of hydrogen-bond donors (Lipinski definition) is 1. The van der Waals surface area contributed by atoms with Gasteiger partial charge in [0.2, 0.25) is 11.7 Å². The van der Waals surface area contributed by atoms with E-state index in [0.29, 0.717) is 12.1 Å². The predicted octanol–water partition coefficient (Wildman–Crippen LogP) is 3.06. The average Bonchev–Trinajstić information content (AvgIpc) is 2.85. The summed E-state index contributed by atoms with van der Waals surface area (Å²) >= 11 is 0. The second-order valence-electron chi connectivity index (χ2n) is 4.41. The number of aromatic nitrogens is 1. The Morgan fingerprint density at radius 1 is 1.40 bits per heavy atom. The van der Waals surface area contributed by atoms with E-state index in [9.17, 15) is 4.79 Å². The summed E-state index contributed by atoms with van der Waals surface area (Å²) in [7, 11) is 1.54. The first-order valence-electron chi connectivity index (χ1n) is 6.48. The molecule has 0 aliphatic carbocycles. The van der Waals surface area contributed by atoms with Crippen molar-refractivity contribution in [2.45, 2.75) is 25.9 Å². The number of benzene rings is 1. The number of methoxy groups -OCH3 is 1. The van der Waals surface area contributed by atoms with Crippen molar-refractivity contribution < 1.29 is 19.1 Å². The fourth-order valence-electron chi connectivity index (χ4n) is 2.06. The minimum Gasteiger partial charge on any atom is -0.475 e. The first kappa shape index (κ1) is 14.3. The number of aryl methyl sites for hydroxylation is 1. The van der Waals surface area contributed by atoms with Crippen LogP contribution in [-0.2, 0) is 11.2 Å². The zero-order chi connectivity index (χ0) is 14.5. The molecule has 2 rings (SSSR count). The van der Waals surface area contributed by atoms with Gasteiger partial charge >= 0.3 is 5.97 Å². The van der Waals surface area contributed by atoms with Crippen LogP contribution >= 0.6 is 0 Å². The summed E-state index contributed by atoms with van der Waals surface area (Å²) in [6.45, 7) is 1.96. The molecular weight excluding hydrogens is 258 g/mol. The highest BCUT2D eigenvalue weighted by Crippen LogP contribution is 2.27. The third kappa shape index (κ3) is 2.88. The van der Waals surface area contributed by atoms with Gasteiger partial charge in [-0.1, -0.05) is 43.7 Å². The fourth-order valence-corrected chi connectivity index (χ4v) is 2.06. The van der Waals surface area contributed by atoms with Crippen molar-refractivity contribution in [2.24, 2.45) is 0 Å². The van der Waals surface area contributed by atoms with Crippen LogP contribution in [0, 0.1) is 0 Å². The van der Waals surface area contributed by atoms with Gasteiger partial charge < -0.3 is 14.3 Å². The van der Waals surface area contributed by atoms with Crippen LogP contribution in [0.4, 0.5) is 0 Å². The number of carbonyl (C=O) groups is 1. The Balaban J connectivity index is 2.40. The van der Waals surface area contributed by atoms with Crippen LogP contribution in [0.25, 0.3) is 0 Å². The molecule has 1 N–H and O–H groups in total. The van der Waals surface area contributed by atoms with Crippen LogP contribution in [0.5, 0.6) is 0 Å². The number of hydrogen-bond acceptors (Lipinski definition) is 4. The standard InChI is InChI=1S/C15H17NO4/c1-3-7-11-13(15(17)18)20-14(16-11)12(19-2)10-8-5-4-6-9-10/h4-6,8-9,12H,3,7H2,1-2H3,(H,17,18). The van der Waals surface area contributed by atoms with Crippen LogP contribution in [0.1, 0.15) is 47.2 Å². The number of nitrogens with zero attached hydrogens (tertiary/aromatic N) is 1. The molecule has 106 valence electrons. The maximum absolute atomic E-state index is 11.2. The second kappa shape index (κ2) is 6.34. The zero-order valence-electron chi connectivity index (χ0n) is 11.5. The first-order valence-corrected chi connectivity index (χ1v) is 6.48. The summed E-state index contributed by atoms with van der Waals surface area (Å²) in [4.78, 5) is 15.5. The maximum atomic E-state index is 11.2. The van der Waals surface area contributed by atoms with Crippen molar-refractivity contribution in [3.8, 4) is 0 Å². The summed E-state index contributed by atoms with van der Waals surface area (Å²) in [6.07, 6.45) is 0.867. The normalized spacial score (nSPS) is 12.3. The fraction of sp³-hybridized carbons (Fsp3) is 0.333. The van der Waals surface area contributed by atoms with Crippen molar-refractivity contribution in [3.05, 3.63) is 53.2 Å². The number of oxazole rings is 1. The van der Waals surface area contributed by atoms with E-state index in [-0.39, 0.29) is 11.7 Å². The van der Waals surface area contributed by atoms with Gasteiger partial charge in [-0.25, -0.2) is 9.78 Å². The van der Waals surface area contributed by atoms with Crippen molar-refractivity contribution in [1.82, 2.24) is 4.98 Å². The third-order valence-corrected chi connectivity index (χ3v) is 2.96. The Morgan fingerprint density at radius 3 is 2.65 bits per heavy atom. The van der Waals surface area contributed by atoms with E-state index in [1.807, 2.05) is 37.3 Å². The molecule has 5 heteroatoms. The van der Waals surface area contributed by atoms with Gasteiger partial charge in [-0.2, -0.15) is 0 Å². The van der Waals surface area contributed by atoms with E-state index in [4.69, 9.17) is 14.3 Å². The van der Waals surface area contributed by atoms with Gasteiger partial charge in [-0.05, 0) is 12.0 Å². The van der Waals surface area contributed by atoms with Gasteiger partial charge in [0.15, 0.2) is 6.10 Å². The molecule has 0 amide bonds. The molecule has 0 spiro atoms. The Kier molecular flexibility index (Phi) is 4.53. The van der Waals surface area contributed by atoms with E-state index < -0.39 is 12.1 Å². The molecular formula is C15H17NO4. The molecule has 1 atom stereocenters. The van der Waals surface area contributed by atoms with Gasteiger partial charge in [0.05, 0.1) is 5.69 Å². The molecule has 0 fully saturated rings. The van der Waals surface area contributed by atoms with Gasteiger partial charge in [0.25, 0.3) is 0 Å². The molecule has 2 aromatic rings. The predicted molar refractivity (Wildman–Crippen MR) is 72.8 cm³/mol. The SMILES string of the molecule is CCCc1nc(C(OC)c2ccccc2)oc1C(=O)O. The molecule has 1 unspecified atom stereocenters. The lowest BCUT2D eigenvalue weighted by molar-refractivity contribution is 0.0643. The van der Waals surface area contributed by atoms with E-state index in [2.05, 4.69) is 4.98 Å². The molecule has 0 saturated heterocycles. The van der Waals surface area contributed by atoms with Gasteiger partial charge in [-0.3, -0.25) is 0 Å². The van der Waals surface area contributed by atoms with Crippen LogP contribution in [0.3, 0.4) is 0 Å². The monoisotopic (exact) mass is 275 g/mol. The third-order valence-electron chi connectivity index (χ3n) is 2.96. The molecule has 0 bridgehead atoms. The first-order chi connectivity index (χ1) is 9.67. The van der Waals surface area contributed by atoms with Gasteiger partial charge in [0, 0.05) is 7.11 Å². The van der Waals surface area contributed by atoms with Crippen LogP contribution in [0.2, 0.25) is 0 Å². The highest BCUT2D eigenvalue weighted by molar-refractivity contribution is 5.85. The minimum atomic E-state index is -1.10. The van der Waals surface area contributed by atoms with E-state index in [0.717, 1.165) is 12.0 Å². The Hall–Kier alpha value is -2.14. The maximum Gasteiger partial charge on any atom is 0.373 e. The van der Waals surface area contributed by atoms with Crippen molar-refractivity contribution in [3.63, 3.8) is 0 Å². The highest BCUT2D eigenvalue weighted by Gasteiger charge is 2.25. The van der Waals surface area contributed by atoms with E-state index >= 15 is 0 Å². The number of ether oxygens (including phenoxy) is 1. The number of rotatable bonds is 6. The number of carboxylic acids is 1. The summed E-state index contributed by atoms with van der Waals surface area (Å²) in [5.74, 6) is -0.922. The molecule has 1 heterocycles. The Morgan fingerprint density at radius 2 is 2.10 bits per heavy atom. The van der Waals surface area contributed by atoms with E-state index in [1.54, 1.807) is 7.11 Å². The summed E-state index contributed by atoms with van der Waals surface area (Å²) < 4.78 is 10.8. The molecule has 0 radical (unpaired) electrons. The van der Waals surface area contributed by atoms with Gasteiger partial charge in [-0.15, -0.1) is 0 Å². The Bertz CT molecular complexity index is 577. The zero-order valence-corrected chi connectivity index (χ0v) is 11.5.